The zero-order valence-corrected chi connectivity index (χ0v) is 13.0. The second-order valence-electron chi connectivity index (χ2n) is 4.57. The lowest BCUT2D eigenvalue weighted by atomic mass is 9.99. The lowest BCUT2D eigenvalue weighted by Crippen LogP contribution is -1.82. The highest BCUT2D eigenvalue weighted by atomic mass is 79.9. The molecule has 0 fully saturated rings. The number of benzene rings is 3. The van der Waals surface area contributed by atoms with Crippen LogP contribution < -0.4 is 0 Å². The number of hydrogen-bond donors (Lipinski definition) is 0. The first-order valence-corrected chi connectivity index (χ1v) is 7.52. The van der Waals surface area contributed by atoms with Crippen LogP contribution in [0.25, 0.3) is 22.3 Å². The molecule has 0 amide bonds. The van der Waals surface area contributed by atoms with E-state index in [9.17, 15) is 0 Å². The molecule has 0 unspecified atom stereocenters. The van der Waals surface area contributed by atoms with Crippen LogP contribution in [0.15, 0.2) is 77.3 Å². The third-order valence-corrected chi connectivity index (χ3v) is 4.17. The Morgan fingerprint density at radius 2 is 1.35 bits per heavy atom. The van der Waals surface area contributed by atoms with Gasteiger partial charge in [0.15, 0.2) is 0 Å². The number of halogens is 2. The van der Waals surface area contributed by atoms with Gasteiger partial charge in [-0.3, -0.25) is 0 Å². The minimum atomic E-state index is 0.760. The Kier molecular flexibility index (Phi) is 3.90. The molecule has 0 aliphatic carbocycles. The van der Waals surface area contributed by atoms with Crippen molar-refractivity contribution in [3.05, 3.63) is 82.3 Å². The molecule has 0 atom stereocenters. The summed E-state index contributed by atoms with van der Waals surface area (Å²) in [5, 5.41) is 0.760. The van der Waals surface area contributed by atoms with Crippen molar-refractivity contribution >= 4 is 27.5 Å². The van der Waals surface area contributed by atoms with Gasteiger partial charge in [0, 0.05) is 9.50 Å². The molecule has 3 rings (SSSR count). The summed E-state index contributed by atoms with van der Waals surface area (Å²) < 4.78 is 1.10. The third kappa shape index (κ3) is 2.79. The van der Waals surface area contributed by atoms with Crippen LogP contribution in [0.2, 0.25) is 5.02 Å². The summed E-state index contributed by atoms with van der Waals surface area (Å²) in [6.07, 6.45) is 0. The van der Waals surface area contributed by atoms with Crippen LogP contribution in [0.5, 0.6) is 0 Å². The molecule has 98 valence electrons. The Hall–Kier alpha value is -1.57. The van der Waals surface area contributed by atoms with Gasteiger partial charge in [-0.1, -0.05) is 76.1 Å². The van der Waals surface area contributed by atoms with Crippen molar-refractivity contribution in [3.63, 3.8) is 0 Å². The van der Waals surface area contributed by atoms with Gasteiger partial charge in [-0.2, -0.15) is 0 Å². The van der Waals surface area contributed by atoms with Gasteiger partial charge in [0.05, 0.1) is 0 Å². The van der Waals surface area contributed by atoms with Gasteiger partial charge in [0.25, 0.3) is 0 Å². The fourth-order valence-corrected chi connectivity index (χ4v) is 2.84. The molecule has 0 N–H and O–H groups in total. The van der Waals surface area contributed by atoms with Crippen LogP contribution in [0, 0.1) is 0 Å². The second-order valence-corrected chi connectivity index (χ2v) is 5.86. The van der Waals surface area contributed by atoms with E-state index in [1.165, 1.54) is 22.3 Å². The van der Waals surface area contributed by atoms with Gasteiger partial charge >= 0.3 is 0 Å². The van der Waals surface area contributed by atoms with Crippen molar-refractivity contribution in [2.45, 2.75) is 0 Å². The monoisotopic (exact) mass is 342 g/mol. The molecular formula is C18H12BrCl. The lowest BCUT2D eigenvalue weighted by molar-refractivity contribution is 1.57. The molecule has 0 aliphatic heterocycles. The van der Waals surface area contributed by atoms with E-state index in [4.69, 9.17) is 11.6 Å². The Morgan fingerprint density at radius 3 is 2.10 bits per heavy atom. The summed E-state index contributed by atoms with van der Waals surface area (Å²) in [5.41, 5.74) is 4.76. The second kappa shape index (κ2) is 5.82. The molecule has 0 saturated carbocycles. The molecule has 0 aliphatic rings. The first-order chi connectivity index (χ1) is 9.74. The molecule has 0 bridgehead atoms. The van der Waals surface area contributed by atoms with E-state index in [2.05, 4.69) is 58.4 Å². The van der Waals surface area contributed by atoms with Gasteiger partial charge in [0.1, 0.15) is 0 Å². The first kappa shape index (κ1) is 13.4. The molecule has 2 heteroatoms. The topological polar surface area (TPSA) is 0 Å². The molecule has 3 aromatic carbocycles. The fourth-order valence-electron chi connectivity index (χ4n) is 2.20. The van der Waals surface area contributed by atoms with Crippen molar-refractivity contribution in [3.8, 4) is 22.3 Å². The Labute approximate surface area is 132 Å². The van der Waals surface area contributed by atoms with E-state index in [-0.39, 0.29) is 0 Å². The largest absolute Gasteiger partial charge is 0.0843 e. The quantitative estimate of drug-likeness (QED) is 0.502. The number of hydrogen-bond acceptors (Lipinski definition) is 0. The van der Waals surface area contributed by atoms with Gasteiger partial charge in [0.2, 0.25) is 0 Å². The highest BCUT2D eigenvalue weighted by molar-refractivity contribution is 9.10. The smallest absolute Gasteiger partial charge is 0.0406 e. The van der Waals surface area contributed by atoms with Gasteiger partial charge in [-0.15, -0.1) is 0 Å². The van der Waals surface area contributed by atoms with E-state index >= 15 is 0 Å². The van der Waals surface area contributed by atoms with Crippen LogP contribution in [0.3, 0.4) is 0 Å². The average Bonchev–Trinajstić information content (AvgIpc) is 2.49. The molecule has 0 nitrogen and oxygen atoms in total. The van der Waals surface area contributed by atoms with Gasteiger partial charge < -0.3 is 0 Å². The van der Waals surface area contributed by atoms with Crippen LogP contribution in [0.1, 0.15) is 0 Å². The zero-order chi connectivity index (χ0) is 13.9. The van der Waals surface area contributed by atoms with Crippen molar-refractivity contribution < 1.29 is 0 Å². The minimum Gasteiger partial charge on any atom is -0.0843 e. The molecule has 0 radical (unpaired) electrons. The third-order valence-electron chi connectivity index (χ3n) is 3.22. The Bertz CT molecular complexity index is 732. The normalized spacial score (nSPS) is 10.5. The van der Waals surface area contributed by atoms with Crippen molar-refractivity contribution in [2.75, 3.05) is 0 Å². The van der Waals surface area contributed by atoms with E-state index in [1.807, 2.05) is 30.3 Å². The lowest BCUT2D eigenvalue weighted by Gasteiger charge is -2.08. The summed E-state index contributed by atoms with van der Waals surface area (Å²) in [6.45, 7) is 0. The van der Waals surface area contributed by atoms with Crippen LogP contribution in [0.4, 0.5) is 0 Å². The maximum Gasteiger partial charge on any atom is 0.0406 e. The van der Waals surface area contributed by atoms with Crippen LogP contribution >= 0.6 is 27.5 Å². The van der Waals surface area contributed by atoms with E-state index < -0.39 is 0 Å². The van der Waals surface area contributed by atoms with Crippen LogP contribution in [-0.4, -0.2) is 0 Å². The highest BCUT2D eigenvalue weighted by Gasteiger charge is 2.04. The molecule has 0 saturated heterocycles. The summed E-state index contributed by atoms with van der Waals surface area (Å²) in [7, 11) is 0. The molecule has 0 heterocycles. The first-order valence-electron chi connectivity index (χ1n) is 6.35. The molecule has 3 aromatic rings. The number of rotatable bonds is 2. The van der Waals surface area contributed by atoms with E-state index in [0.717, 1.165) is 9.50 Å². The van der Waals surface area contributed by atoms with Crippen molar-refractivity contribution in [1.82, 2.24) is 0 Å². The van der Waals surface area contributed by atoms with Gasteiger partial charge in [-0.25, -0.2) is 0 Å². The average molecular weight is 344 g/mol. The predicted molar refractivity (Wildman–Crippen MR) is 90.0 cm³/mol. The predicted octanol–water partition coefficient (Wildman–Crippen LogP) is 6.44. The molecule has 0 spiro atoms. The van der Waals surface area contributed by atoms with Crippen molar-refractivity contribution in [1.29, 1.82) is 0 Å². The SMILES string of the molecule is Clc1ccc(-c2cccc(-c3ccccc3Br)c2)cc1. The molecule has 0 aromatic heterocycles. The highest BCUT2D eigenvalue weighted by Crippen LogP contribution is 2.31. The fraction of sp³-hybridized carbons (Fsp3) is 0. The summed E-state index contributed by atoms with van der Waals surface area (Å²) >= 11 is 9.55. The van der Waals surface area contributed by atoms with Crippen LogP contribution in [-0.2, 0) is 0 Å². The minimum absolute atomic E-state index is 0.760. The maximum atomic E-state index is 5.94. The Balaban J connectivity index is 2.06. The van der Waals surface area contributed by atoms with E-state index in [0.29, 0.717) is 0 Å². The summed E-state index contributed by atoms with van der Waals surface area (Å²) in [5.74, 6) is 0. The van der Waals surface area contributed by atoms with Crippen molar-refractivity contribution in [2.24, 2.45) is 0 Å². The zero-order valence-electron chi connectivity index (χ0n) is 10.7. The molecular weight excluding hydrogens is 332 g/mol. The van der Waals surface area contributed by atoms with Gasteiger partial charge in [-0.05, 0) is 46.5 Å². The maximum absolute atomic E-state index is 5.94. The summed E-state index contributed by atoms with van der Waals surface area (Å²) in [4.78, 5) is 0. The summed E-state index contributed by atoms with van der Waals surface area (Å²) in [6, 6.07) is 24.7. The molecule has 20 heavy (non-hydrogen) atoms. The standard InChI is InChI=1S/C18H12BrCl/c19-18-7-2-1-6-17(18)15-5-3-4-14(12-15)13-8-10-16(20)11-9-13/h1-12H. The Morgan fingerprint density at radius 1 is 0.650 bits per heavy atom. The van der Waals surface area contributed by atoms with E-state index in [1.54, 1.807) is 0 Å².